The van der Waals surface area contributed by atoms with Crippen LogP contribution in [-0.4, -0.2) is 9.55 Å². The first-order valence-corrected chi connectivity index (χ1v) is 10.2. The van der Waals surface area contributed by atoms with Crippen LogP contribution in [0.3, 0.4) is 0 Å². The number of aromatic nitrogens is 2. The number of rotatable bonds is 5. The first kappa shape index (κ1) is 18.2. The highest BCUT2D eigenvalue weighted by Crippen LogP contribution is 2.24. The van der Waals surface area contributed by atoms with Crippen LogP contribution < -0.4 is 5.56 Å². The minimum absolute atomic E-state index is 0.0380. The van der Waals surface area contributed by atoms with Gasteiger partial charge in [0.05, 0.1) is 10.9 Å². The number of aryl methyl sites for hydroxylation is 2. The molecule has 2 aromatic carbocycles. The van der Waals surface area contributed by atoms with Gasteiger partial charge in [0.1, 0.15) is 0 Å². The van der Waals surface area contributed by atoms with Gasteiger partial charge in [0.2, 0.25) is 0 Å². The number of nitrogens with zero attached hydrogens (tertiary/aromatic N) is 2. The summed E-state index contributed by atoms with van der Waals surface area (Å²) in [6.45, 7) is 6.99. The molecule has 3 rings (SSSR count). The highest BCUT2D eigenvalue weighted by molar-refractivity contribution is 9.10. The fraction of sp³-hybridized carbons (Fsp3) is 0.300. The van der Waals surface area contributed by atoms with Crippen molar-refractivity contribution in [1.29, 1.82) is 0 Å². The Balaban J connectivity index is 2.00. The van der Waals surface area contributed by atoms with E-state index in [0.717, 1.165) is 27.3 Å². The van der Waals surface area contributed by atoms with E-state index in [1.807, 2.05) is 22.8 Å². The molecule has 0 amide bonds. The smallest absolute Gasteiger partial charge is 0.262 e. The lowest BCUT2D eigenvalue weighted by Crippen LogP contribution is -2.23. The molecule has 0 aliphatic carbocycles. The summed E-state index contributed by atoms with van der Waals surface area (Å²) in [5, 5.41) is 1.46. The van der Waals surface area contributed by atoms with Gasteiger partial charge in [-0.15, -0.1) is 0 Å². The number of hydrogen-bond acceptors (Lipinski definition) is 3. The molecular weight excluding hydrogens is 396 g/mol. The Hall–Kier alpha value is -1.59. The van der Waals surface area contributed by atoms with Crippen molar-refractivity contribution >= 4 is 38.6 Å². The maximum atomic E-state index is 12.9. The van der Waals surface area contributed by atoms with Crippen LogP contribution in [0.5, 0.6) is 0 Å². The van der Waals surface area contributed by atoms with Crippen molar-refractivity contribution in [1.82, 2.24) is 9.55 Å². The third kappa shape index (κ3) is 4.15. The minimum Gasteiger partial charge on any atom is -0.287 e. The van der Waals surface area contributed by atoms with Crippen molar-refractivity contribution in [3.8, 4) is 0 Å². The van der Waals surface area contributed by atoms with E-state index in [2.05, 4.69) is 54.9 Å². The van der Waals surface area contributed by atoms with Gasteiger partial charge in [-0.3, -0.25) is 9.36 Å². The van der Waals surface area contributed by atoms with Crippen molar-refractivity contribution in [3.63, 3.8) is 0 Å². The van der Waals surface area contributed by atoms with Gasteiger partial charge in [-0.05, 0) is 44.0 Å². The molecule has 0 aliphatic rings. The van der Waals surface area contributed by atoms with Gasteiger partial charge in [-0.2, -0.15) is 0 Å². The molecule has 0 unspecified atom stereocenters. The number of hydrogen-bond donors (Lipinski definition) is 0. The van der Waals surface area contributed by atoms with E-state index in [1.165, 1.54) is 16.7 Å². The van der Waals surface area contributed by atoms with Crippen LogP contribution in [0.15, 0.2) is 50.8 Å². The highest BCUT2D eigenvalue weighted by atomic mass is 79.9. The standard InChI is InChI=1S/C20H21BrN2OS/c1-4-7-23-19(24)17-11-16(21)5-6-18(17)22-20(23)25-12-15-9-13(2)8-14(3)10-15/h5-6,8-11H,4,7,12H2,1-3H3. The first-order valence-electron chi connectivity index (χ1n) is 8.38. The number of thioether (sulfide) groups is 1. The zero-order chi connectivity index (χ0) is 18.0. The fourth-order valence-electron chi connectivity index (χ4n) is 3.00. The van der Waals surface area contributed by atoms with Crippen LogP contribution in [-0.2, 0) is 12.3 Å². The van der Waals surface area contributed by atoms with E-state index >= 15 is 0 Å². The summed E-state index contributed by atoms with van der Waals surface area (Å²) in [5.74, 6) is 0.806. The zero-order valence-corrected chi connectivity index (χ0v) is 17.1. The third-order valence-electron chi connectivity index (χ3n) is 3.98. The summed E-state index contributed by atoms with van der Waals surface area (Å²) >= 11 is 5.07. The Kier molecular flexibility index (Phi) is 5.64. The molecule has 0 fully saturated rings. The van der Waals surface area contributed by atoms with E-state index in [1.54, 1.807) is 11.8 Å². The summed E-state index contributed by atoms with van der Waals surface area (Å²) in [7, 11) is 0. The highest BCUT2D eigenvalue weighted by Gasteiger charge is 2.12. The molecule has 0 atom stereocenters. The van der Waals surface area contributed by atoms with Crippen molar-refractivity contribution in [2.24, 2.45) is 0 Å². The number of halogens is 1. The molecule has 0 saturated heterocycles. The molecule has 0 saturated carbocycles. The van der Waals surface area contributed by atoms with Gasteiger partial charge in [0.15, 0.2) is 5.16 Å². The Morgan fingerprint density at radius 1 is 1.12 bits per heavy atom. The molecule has 0 bridgehead atoms. The van der Waals surface area contributed by atoms with Gasteiger partial charge in [0.25, 0.3) is 5.56 Å². The molecule has 0 radical (unpaired) electrons. The van der Waals surface area contributed by atoms with Gasteiger partial charge in [-0.25, -0.2) is 4.98 Å². The molecule has 25 heavy (non-hydrogen) atoms. The van der Waals surface area contributed by atoms with Gasteiger partial charge in [0, 0.05) is 16.8 Å². The van der Waals surface area contributed by atoms with Crippen LogP contribution >= 0.6 is 27.7 Å². The molecule has 0 aliphatic heterocycles. The molecule has 1 heterocycles. The van der Waals surface area contributed by atoms with Crippen molar-refractivity contribution < 1.29 is 0 Å². The molecule has 1 aromatic heterocycles. The van der Waals surface area contributed by atoms with Crippen LogP contribution in [0.4, 0.5) is 0 Å². The second-order valence-corrected chi connectivity index (χ2v) is 8.16. The van der Waals surface area contributed by atoms with Crippen LogP contribution in [0.2, 0.25) is 0 Å². The summed E-state index contributed by atoms with van der Waals surface area (Å²) in [4.78, 5) is 17.7. The van der Waals surface area contributed by atoms with E-state index < -0.39 is 0 Å². The molecule has 5 heteroatoms. The Labute approximate surface area is 160 Å². The van der Waals surface area contributed by atoms with Gasteiger partial charge >= 0.3 is 0 Å². The van der Waals surface area contributed by atoms with Crippen LogP contribution in [0.1, 0.15) is 30.0 Å². The Bertz CT molecular complexity index is 961. The van der Waals surface area contributed by atoms with E-state index in [-0.39, 0.29) is 5.56 Å². The van der Waals surface area contributed by atoms with Crippen LogP contribution in [0.25, 0.3) is 10.9 Å². The summed E-state index contributed by atoms with van der Waals surface area (Å²) in [6.07, 6.45) is 0.901. The average Bonchev–Trinajstić information content (AvgIpc) is 2.56. The third-order valence-corrected chi connectivity index (χ3v) is 5.52. The van der Waals surface area contributed by atoms with Crippen LogP contribution in [0, 0.1) is 13.8 Å². The number of benzene rings is 2. The molecule has 3 nitrogen and oxygen atoms in total. The van der Waals surface area contributed by atoms with Crippen molar-refractivity contribution in [2.75, 3.05) is 0 Å². The Morgan fingerprint density at radius 3 is 2.52 bits per heavy atom. The Morgan fingerprint density at radius 2 is 1.84 bits per heavy atom. The second-order valence-electron chi connectivity index (χ2n) is 6.30. The SMILES string of the molecule is CCCn1c(SCc2cc(C)cc(C)c2)nc2ccc(Br)cc2c1=O. The number of fused-ring (bicyclic) bond motifs is 1. The summed E-state index contributed by atoms with van der Waals surface area (Å²) < 4.78 is 2.71. The quantitative estimate of drug-likeness (QED) is 0.407. The molecular formula is C20H21BrN2OS. The van der Waals surface area contributed by atoms with Crippen molar-refractivity contribution in [3.05, 3.63) is 67.9 Å². The molecule has 130 valence electrons. The van der Waals surface area contributed by atoms with E-state index in [0.29, 0.717) is 11.9 Å². The minimum atomic E-state index is 0.0380. The van der Waals surface area contributed by atoms with E-state index in [9.17, 15) is 4.79 Å². The predicted molar refractivity (Wildman–Crippen MR) is 109 cm³/mol. The predicted octanol–water partition coefficient (Wildman–Crippen LogP) is 5.48. The lowest BCUT2D eigenvalue weighted by molar-refractivity contribution is 0.584. The summed E-state index contributed by atoms with van der Waals surface area (Å²) in [6, 6.07) is 12.2. The molecule has 0 N–H and O–H groups in total. The second kappa shape index (κ2) is 7.75. The maximum absolute atomic E-state index is 12.9. The lowest BCUT2D eigenvalue weighted by atomic mass is 10.1. The van der Waals surface area contributed by atoms with Gasteiger partial charge in [-0.1, -0.05) is 63.9 Å². The fourth-order valence-corrected chi connectivity index (χ4v) is 4.32. The average molecular weight is 417 g/mol. The normalized spacial score (nSPS) is 11.2. The lowest BCUT2D eigenvalue weighted by Gasteiger charge is -2.13. The summed E-state index contributed by atoms with van der Waals surface area (Å²) in [5.41, 5.74) is 4.57. The first-order chi connectivity index (χ1) is 12.0. The molecule has 0 spiro atoms. The molecule has 3 aromatic rings. The van der Waals surface area contributed by atoms with Crippen molar-refractivity contribution in [2.45, 2.75) is 44.6 Å². The van der Waals surface area contributed by atoms with E-state index in [4.69, 9.17) is 4.98 Å². The monoisotopic (exact) mass is 416 g/mol. The zero-order valence-electron chi connectivity index (χ0n) is 14.7. The van der Waals surface area contributed by atoms with Gasteiger partial charge < -0.3 is 0 Å². The largest absolute Gasteiger partial charge is 0.287 e. The maximum Gasteiger partial charge on any atom is 0.262 e. The topological polar surface area (TPSA) is 34.9 Å².